The van der Waals surface area contributed by atoms with Crippen LogP contribution in [-0.2, 0) is 9.59 Å². The highest BCUT2D eigenvalue weighted by Gasteiger charge is 2.37. The Hall–Kier alpha value is -1.10. The predicted molar refractivity (Wildman–Crippen MR) is 67.1 cm³/mol. The zero-order chi connectivity index (χ0) is 13.1. The first kappa shape index (κ1) is 13.3. The van der Waals surface area contributed by atoms with E-state index >= 15 is 0 Å². The Morgan fingerprint density at radius 3 is 2.50 bits per heavy atom. The molecule has 0 aromatic carbocycles. The lowest BCUT2D eigenvalue weighted by molar-refractivity contribution is -0.146. The molecule has 2 atom stereocenters. The Morgan fingerprint density at radius 2 is 1.89 bits per heavy atom. The van der Waals surface area contributed by atoms with Crippen LogP contribution in [0.25, 0.3) is 0 Å². The zero-order valence-corrected chi connectivity index (χ0v) is 10.9. The third-order valence-corrected chi connectivity index (χ3v) is 4.10. The van der Waals surface area contributed by atoms with Gasteiger partial charge in [0.2, 0.25) is 5.91 Å². The fourth-order valence-electron chi connectivity index (χ4n) is 2.75. The molecule has 2 rings (SSSR count). The summed E-state index contributed by atoms with van der Waals surface area (Å²) in [4.78, 5) is 25.2. The number of hydrogen-bond acceptors (Lipinski definition) is 3. The highest BCUT2D eigenvalue weighted by atomic mass is 16.4. The molecule has 0 radical (unpaired) electrons. The summed E-state index contributed by atoms with van der Waals surface area (Å²) >= 11 is 0. The molecule has 5 heteroatoms. The number of nitrogens with zero attached hydrogens (tertiary/aromatic N) is 1. The highest BCUT2D eigenvalue weighted by molar-refractivity contribution is 5.85. The number of nitrogens with one attached hydrogen (secondary N) is 1. The molecule has 2 unspecified atom stereocenters. The summed E-state index contributed by atoms with van der Waals surface area (Å²) in [7, 11) is 2.07. The molecule has 2 aliphatic carbocycles. The van der Waals surface area contributed by atoms with E-state index in [2.05, 4.69) is 17.3 Å². The van der Waals surface area contributed by atoms with Crippen LogP contribution in [0.3, 0.4) is 0 Å². The third kappa shape index (κ3) is 3.22. The summed E-state index contributed by atoms with van der Waals surface area (Å²) in [5, 5.41) is 11.9. The van der Waals surface area contributed by atoms with E-state index in [-0.39, 0.29) is 11.8 Å². The number of hydrogen-bond donors (Lipinski definition) is 2. The summed E-state index contributed by atoms with van der Waals surface area (Å²) in [5.41, 5.74) is 0. The predicted octanol–water partition coefficient (Wildman–Crippen LogP) is 0.698. The molecule has 2 N–H and O–H groups in total. The molecule has 18 heavy (non-hydrogen) atoms. The minimum absolute atomic E-state index is 0.0795. The largest absolute Gasteiger partial charge is 0.481 e. The molecule has 0 heterocycles. The summed E-state index contributed by atoms with van der Waals surface area (Å²) < 4.78 is 0. The van der Waals surface area contributed by atoms with Crippen molar-refractivity contribution in [2.24, 2.45) is 11.8 Å². The van der Waals surface area contributed by atoms with Gasteiger partial charge in [0.15, 0.2) is 0 Å². The van der Waals surface area contributed by atoms with E-state index in [1.54, 1.807) is 0 Å². The van der Waals surface area contributed by atoms with Crippen LogP contribution in [0.2, 0.25) is 0 Å². The van der Waals surface area contributed by atoms with E-state index in [4.69, 9.17) is 5.11 Å². The van der Waals surface area contributed by atoms with Crippen molar-refractivity contribution in [3.8, 4) is 0 Å². The lowest BCUT2D eigenvalue weighted by Crippen LogP contribution is -2.39. The number of rotatable bonds is 6. The van der Waals surface area contributed by atoms with Gasteiger partial charge >= 0.3 is 5.97 Å². The average Bonchev–Trinajstić information content (AvgIpc) is 3.05. The molecule has 2 aliphatic rings. The SMILES string of the molecule is CN(CCNC(=O)C1CCCC1C(=O)O)C1CC1. The molecule has 0 aromatic rings. The summed E-state index contributed by atoms with van der Waals surface area (Å²) in [6, 6.07) is 0.695. The number of aliphatic carboxylic acids is 1. The lowest BCUT2D eigenvalue weighted by Gasteiger charge is -2.18. The smallest absolute Gasteiger partial charge is 0.307 e. The van der Waals surface area contributed by atoms with E-state index in [1.165, 1.54) is 12.8 Å². The molecular weight excluding hydrogens is 232 g/mol. The Bertz CT molecular complexity index is 328. The van der Waals surface area contributed by atoms with Crippen molar-refractivity contribution >= 4 is 11.9 Å². The molecule has 0 aromatic heterocycles. The summed E-state index contributed by atoms with van der Waals surface area (Å²) in [5.74, 6) is -1.72. The second kappa shape index (κ2) is 5.69. The summed E-state index contributed by atoms with van der Waals surface area (Å²) in [6.45, 7) is 1.47. The van der Waals surface area contributed by atoms with Crippen molar-refractivity contribution in [1.82, 2.24) is 10.2 Å². The lowest BCUT2D eigenvalue weighted by atomic mass is 9.95. The van der Waals surface area contributed by atoms with Gasteiger partial charge in [-0.1, -0.05) is 6.42 Å². The maximum absolute atomic E-state index is 11.9. The molecule has 0 aliphatic heterocycles. The van der Waals surface area contributed by atoms with Gasteiger partial charge in [0.05, 0.1) is 11.8 Å². The van der Waals surface area contributed by atoms with Gasteiger partial charge in [-0.05, 0) is 32.7 Å². The molecular formula is C13H22N2O3. The number of carboxylic acids is 1. The van der Waals surface area contributed by atoms with Crippen LogP contribution in [0.4, 0.5) is 0 Å². The zero-order valence-electron chi connectivity index (χ0n) is 10.9. The topological polar surface area (TPSA) is 69.6 Å². The molecule has 0 saturated heterocycles. The third-order valence-electron chi connectivity index (χ3n) is 4.10. The van der Waals surface area contributed by atoms with Gasteiger partial charge in [-0.15, -0.1) is 0 Å². The van der Waals surface area contributed by atoms with Crippen LogP contribution in [0.1, 0.15) is 32.1 Å². The van der Waals surface area contributed by atoms with Crippen molar-refractivity contribution in [3.05, 3.63) is 0 Å². The summed E-state index contributed by atoms with van der Waals surface area (Å²) in [6.07, 6.45) is 4.70. The Labute approximate surface area is 108 Å². The molecule has 2 saturated carbocycles. The minimum atomic E-state index is -0.831. The number of carbonyl (C=O) groups is 2. The molecule has 102 valence electrons. The Morgan fingerprint density at radius 1 is 1.22 bits per heavy atom. The average molecular weight is 254 g/mol. The second-order valence-corrected chi connectivity index (χ2v) is 5.48. The van der Waals surface area contributed by atoms with E-state index < -0.39 is 11.9 Å². The van der Waals surface area contributed by atoms with E-state index in [0.717, 1.165) is 13.0 Å². The minimum Gasteiger partial charge on any atom is -0.481 e. The maximum Gasteiger partial charge on any atom is 0.307 e. The maximum atomic E-state index is 11.9. The van der Waals surface area contributed by atoms with Gasteiger partial charge in [0.25, 0.3) is 0 Å². The number of carbonyl (C=O) groups excluding carboxylic acids is 1. The standard InChI is InChI=1S/C13H22N2O3/c1-15(9-5-6-9)8-7-14-12(16)10-3-2-4-11(10)13(17)18/h9-11H,2-8H2,1H3,(H,14,16)(H,17,18). The quantitative estimate of drug-likeness (QED) is 0.732. The number of carboxylic acid groups (broad SMARTS) is 1. The van der Waals surface area contributed by atoms with Crippen molar-refractivity contribution in [2.75, 3.05) is 20.1 Å². The van der Waals surface area contributed by atoms with Crippen LogP contribution in [0.5, 0.6) is 0 Å². The van der Waals surface area contributed by atoms with Crippen LogP contribution in [0, 0.1) is 11.8 Å². The first-order valence-corrected chi connectivity index (χ1v) is 6.80. The van der Waals surface area contributed by atoms with Gasteiger partial charge in [-0.3, -0.25) is 9.59 Å². The van der Waals surface area contributed by atoms with E-state index in [0.29, 0.717) is 25.4 Å². The number of amides is 1. The Balaban J connectivity index is 1.71. The monoisotopic (exact) mass is 254 g/mol. The molecule has 0 spiro atoms. The normalized spacial score (nSPS) is 27.4. The first-order valence-electron chi connectivity index (χ1n) is 6.80. The van der Waals surface area contributed by atoms with Crippen molar-refractivity contribution in [1.29, 1.82) is 0 Å². The second-order valence-electron chi connectivity index (χ2n) is 5.48. The van der Waals surface area contributed by atoms with Crippen LogP contribution in [-0.4, -0.2) is 48.1 Å². The van der Waals surface area contributed by atoms with Gasteiger partial charge in [-0.25, -0.2) is 0 Å². The molecule has 5 nitrogen and oxygen atoms in total. The van der Waals surface area contributed by atoms with Crippen molar-refractivity contribution in [2.45, 2.75) is 38.1 Å². The van der Waals surface area contributed by atoms with Crippen LogP contribution >= 0.6 is 0 Å². The van der Waals surface area contributed by atoms with E-state index in [9.17, 15) is 9.59 Å². The molecule has 0 bridgehead atoms. The first-order chi connectivity index (χ1) is 8.59. The van der Waals surface area contributed by atoms with Crippen molar-refractivity contribution < 1.29 is 14.7 Å². The van der Waals surface area contributed by atoms with Gasteiger partial charge in [0, 0.05) is 19.1 Å². The van der Waals surface area contributed by atoms with Crippen molar-refractivity contribution in [3.63, 3.8) is 0 Å². The van der Waals surface area contributed by atoms with Gasteiger partial charge in [-0.2, -0.15) is 0 Å². The molecule has 2 fully saturated rings. The van der Waals surface area contributed by atoms with Gasteiger partial charge in [0.1, 0.15) is 0 Å². The molecule has 1 amide bonds. The number of likely N-dealkylation sites (N-methyl/N-ethyl adjacent to an activating group) is 1. The fraction of sp³-hybridized carbons (Fsp3) is 0.846. The Kier molecular flexibility index (Phi) is 4.22. The van der Waals surface area contributed by atoms with Crippen LogP contribution < -0.4 is 5.32 Å². The van der Waals surface area contributed by atoms with E-state index in [1.807, 2.05) is 0 Å². The fourth-order valence-corrected chi connectivity index (χ4v) is 2.75. The van der Waals surface area contributed by atoms with Gasteiger partial charge < -0.3 is 15.3 Å². The highest BCUT2D eigenvalue weighted by Crippen LogP contribution is 2.32. The van der Waals surface area contributed by atoms with Crippen LogP contribution in [0.15, 0.2) is 0 Å².